The van der Waals surface area contributed by atoms with E-state index in [0.717, 1.165) is 18.5 Å². The van der Waals surface area contributed by atoms with Gasteiger partial charge in [-0.1, -0.05) is 5.57 Å². The Bertz CT molecular complexity index is 407. The number of rotatable bonds is 1. The zero-order valence-corrected chi connectivity index (χ0v) is 9.57. The van der Waals surface area contributed by atoms with E-state index in [1.54, 1.807) is 6.08 Å². The Morgan fingerprint density at radius 1 is 1.33 bits per heavy atom. The van der Waals surface area contributed by atoms with E-state index in [0.29, 0.717) is 11.0 Å². The van der Waals surface area contributed by atoms with E-state index in [4.69, 9.17) is 0 Å². The quantitative estimate of drug-likeness (QED) is 0.776. The van der Waals surface area contributed by atoms with Crippen LogP contribution in [0.25, 0.3) is 6.08 Å². The van der Waals surface area contributed by atoms with Crippen molar-refractivity contribution in [1.82, 2.24) is 5.32 Å². The van der Waals surface area contributed by atoms with Gasteiger partial charge in [0.2, 0.25) is 0 Å². The highest BCUT2D eigenvalue weighted by Crippen LogP contribution is 2.24. The molecule has 15 heavy (non-hydrogen) atoms. The predicted molar refractivity (Wildman–Crippen MR) is 59.5 cm³/mol. The van der Waals surface area contributed by atoms with Crippen LogP contribution in [-0.4, -0.2) is 13.1 Å². The van der Waals surface area contributed by atoms with E-state index in [2.05, 4.69) is 21.2 Å². The topological polar surface area (TPSA) is 12.0 Å². The van der Waals surface area contributed by atoms with Gasteiger partial charge >= 0.3 is 0 Å². The number of halogens is 3. The van der Waals surface area contributed by atoms with Gasteiger partial charge in [0.25, 0.3) is 0 Å². The molecule has 80 valence electrons. The first-order chi connectivity index (χ1) is 7.18. The van der Waals surface area contributed by atoms with Crippen LogP contribution in [0.3, 0.4) is 0 Å². The van der Waals surface area contributed by atoms with E-state index in [-0.39, 0.29) is 5.56 Å². The van der Waals surface area contributed by atoms with Crippen LogP contribution in [0.4, 0.5) is 8.78 Å². The van der Waals surface area contributed by atoms with Crippen molar-refractivity contribution in [2.45, 2.75) is 6.42 Å². The number of benzene rings is 1. The molecule has 1 aromatic carbocycles. The second-order valence-electron chi connectivity index (χ2n) is 3.49. The SMILES string of the molecule is Fc1ccc(Br)c(F)c1/C=C1/CCNC1. The second kappa shape index (κ2) is 4.41. The van der Waals surface area contributed by atoms with Crippen LogP contribution in [0, 0.1) is 11.6 Å². The van der Waals surface area contributed by atoms with Gasteiger partial charge in [-0.05, 0) is 47.1 Å². The first-order valence-electron chi connectivity index (χ1n) is 4.72. The molecule has 1 N–H and O–H groups in total. The van der Waals surface area contributed by atoms with Gasteiger partial charge in [0.1, 0.15) is 11.6 Å². The molecule has 0 aliphatic carbocycles. The summed E-state index contributed by atoms with van der Waals surface area (Å²) in [5.74, 6) is -1.05. The van der Waals surface area contributed by atoms with Gasteiger partial charge in [-0.25, -0.2) is 8.78 Å². The maximum atomic E-state index is 13.6. The summed E-state index contributed by atoms with van der Waals surface area (Å²) >= 11 is 3.04. The Morgan fingerprint density at radius 2 is 2.13 bits per heavy atom. The molecule has 1 aromatic rings. The summed E-state index contributed by atoms with van der Waals surface area (Å²) in [7, 11) is 0. The average molecular weight is 274 g/mol. The summed E-state index contributed by atoms with van der Waals surface area (Å²) in [5, 5.41) is 3.12. The lowest BCUT2D eigenvalue weighted by Gasteiger charge is -2.03. The molecule has 1 aliphatic rings. The van der Waals surface area contributed by atoms with Gasteiger partial charge in [0, 0.05) is 12.1 Å². The summed E-state index contributed by atoms with van der Waals surface area (Å²) in [6, 6.07) is 2.64. The fourth-order valence-corrected chi connectivity index (χ4v) is 1.93. The zero-order valence-electron chi connectivity index (χ0n) is 7.99. The molecule has 0 spiro atoms. The molecule has 0 aromatic heterocycles. The van der Waals surface area contributed by atoms with Gasteiger partial charge < -0.3 is 5.32 Å². The van der Waals surface area contributed by atoms with Crippen molar-refractivity contribution >= 4 is 22.0 Å². The van der Waals surface area contributed by atoms with Crippen molar-refractivity contribution in [3.8, 4) is 0 Å². The Morgan fingerprint density at radius 3 is 2.80 bits per heavy atom. The first kappa shape index (κ1) is 10.8. The number of hydrogen-bond acceptors (Lipinski definition) is 1. The van der Waals surface area contributed by atoms with Crippen LogP contribution in [0.15, 0.2) is 22.2 Å². The van der Waals surface area contributed by atoms with E-state index in [1.807, 2.05) is 0 Å². The largest absolute Gasteiger partial charge is 0.313 e. The third-order valence-electron chi connectivity index (χ3n) is 2.40. The molecule has 4 heteroatoms. The molecule has 0 saturated carbocycles. The van der Waals surface area contributed by atoms with Gasteiger partial charge in [0.15, 0.2) is 0 Å². The van der Waals surface area contributed by atoms with Crippen LogP contribution in [0.5, 0.6) is 0 Å². The number of hydrogen-bond donors (Lipinski definition) is 1. The highest BCUT2D eigenvalue weighted by Gasteiger charge is 2.12. The van der Waals surface area contributed by atoms with Gasteiger partial charge in [-0.2, -0.15) is 0 Å². The molecule has 0 amide bonds. The summed E-state index contributed by atoms with van der Waals surface area (Å²) in [5.41, 5.74) is 1.08. The third kappa shape index (κ3) is 2.26. The highest BCUT2D eigenvalue weighted by atomic mass is 79.9. The van der Waals surface area contributed by atoms with E-state index < -0.39 is 11.6 Å². The summed E-state index contributed by atoms with van der Waals surface area (Å²) < 4.78 is 27.2. The molecule has 1 aliphatic heterocycles. The Hall–Kier alpha value is -0.740. The van der Waals surface area contributed by atoms with Crippen LogP contribution in [0.2, 0.25) is 0 Å². The molecule has 1 nitrogen and oxygen atoms in total. The molecule has 2 rings (SSSR count). The lowest BCUT2D eigenvalue weighted by Crippen LogP contribution is -2.04. The molecule has 1 heterocycles. The van der Waals surface area contributed by atoms with E-state index in [1.165, 1.54) is 12.1 Å². The third-order valence-corrected chi connectivity index (χ3v) is 3.02. The zero-order chi connectivity index (χ0) is 10.8. The van der Waals surface area contributed by atoms with Crippen molar-refractivity contribution in [3.05, 3.63) is 39.4 Å². The molecule has 0 atom stereocenters. The molecule has 0 bridgehead atoms. The maximum Gasteiger partial charge on any atom is 0.147 e. The van der Waals surface area contributed by atoms with Crippen LogP contribution in [-0.2, 0) is 0 Å². The number of nitrogens with one attached hydrogen (secondary N) is 1. The Kier molecular flexibility index (Phi) is 3.17. The smallest absolute Gasteiger partial charge is 0.147 e. The molecule has 1 saturated heterocycles. The summed E-state index contributed by atoms with van der Waals surface area (Å²) in [6.07, 6.45) is 2.45. The van der Waals surface area contributed by atoms with Gasteiger partial charge in [0.05, 0.1) is 4.47 Å². The fraction of sp³-hybridized carbons (Fsp3) is 0.273. The van der Waals surface area contributed by atoms with Gasteiger partial charge in [-0.15, -0.1) is 0 Å². The molecular formula is C11H10BrF2N. The maximum absolute atomic E-state index is 13.6. The van der Waals surface area contributed by atoms with Gasteiger partial charge in [-0.3, -0.25) is 0 Å². The van der Waals surface area contributed by atoms with Crippen LogP contribution < -0.4 is 5.32 Å². The molecule has 1 fully saturated rings. The Labute approximate surface area is 95.3 Å². The van der Waals surface area contributed by atoms with Crippen molar-refractivity contribution in [1.29, 1.82) is 0 Å². The predicted octanol–water partition coefficient (Wildman–Crippen LogP) is 3.10. The summed E-state index contributed by atoms with van der Waals surface area (Å²) in [6.45, 7) is 1.59. The summed E-state index contributed by atoms with van der Waals surface area (Å²) in [4.78, 5) is 0. The van der Waals surface area contributed by atoms with E-state index in [9.17, 15) is 8.78 Å². The first-order valence-corrected chi connectivity index (χ1v) is 5.51. The minimum Gasteiger partial charge on any atom is -0.313 e. The highest BCUT2D eigenvalue weighted by molar-refractivity contribution is 9.10. The van der Waals surface area contributed by atoms with Crippen LogP contribution >= 0.6 is 15.9 Å². The minimum atomic E-state index is -0.533. The van der Waals surface area contributed by atoms with Crippen molar-refractivity contribution in [3.63, 3.8) is 0 Å². The second-order valence-corrected chi connectivity index (χ2v) is 4.34. The van der Waals surface area contributed by atoms with Crippen molar-refractivity contribution in [2.24, 2.45) is 0 Å². The van der Waals surface area contributed by atoms with Crippen molar-refractivity contribution < 1.29 is 8.78 Å². The molecule has 0 unspecified atom stereocenters. The fourth-order valence-electron chi connectivity index (χ4n) is 1.59. The normalized spacial score (nSPS) is 18.7. The molecular weight excluding hydrogens is 264 g/mol. The lowest BCUT2D eigenvalue weighted by molar-refractivity contribution is 0.574. The van der Waals surface area contributed by atoms with Crippen LogP contribution in [0.1, 0.15) is 12.0 Å². The monoisotopic (exact) mass is 273 g/mol. The standard InChI is InChI=1S/C11H10BrF2N/c12-9-1-2-10(13)8(11(9)14)5-7-3-4-15-6-7/h1-2,5,15H,3-4,6H2/b7-5-. The lowest BCUT2D eigenvalue weighted by atomic mass is 10.1. The average Bonchev–Trinajstić information content (AvgIpc) is 2.71. The molecule has 0 radical (unpaired) electrons. The Balaban J connectivity index is 2.42. The van der Waals surface area contributed by atoms with Crippen molar-refractivity contribution in [2.75, 3.05) is 13.1 Å². The minimum absolute atomic E-state index is 0.0445. The van der Waals surface area contributed by atoms with E-state index >= 15 is 0 Å².